The van der Waals surface area contributed by atoms with E-state index in [1.807, 2.05) is 18.2 Å². The molecule has 1 aliphatic rings. The van der Waals surface area contributed by atoms with Gasteiger partial charge in [-0.05, 0) is 68.2 Å². The molecule has 0 spiro atoms. The molecule has 156 valence electrons. The van der Waals surface area contributed by atoms with Crippen LogP contribution in [0.2, 0.25) is 0 Å². The van der Waals surface area contributed by atoms with Gasteiger partial charge < -0.3 is 16.0 Å². The van der Waals surface area contributed by atoms with Crippen LogP contribution >= 0.6 is 0 Å². The Morgan fingerprint density at radius 3 is 2.60 bits per heavy atom. The standard InChI is InChI=1S/C23H25F2N5/c24-18-12-16(13-19(25)15-18)4-10-27-23-28-11-7-22(30-23)17-2-1-3-21(14-17)29-20-5-8-26-9-6-20/h1-3,7,11-15,20,26,29H,4-6,8-10H2,(H,27,28,30). The van der Waals surface area contributed by atoms with Gasteiger partial charge in [0.15, 0.2) is 0 Å². The minimum atomic E-state index is -0.568. The number of nitrogens with one attached hydrogen (secondary N) is 3. The van der Waals surface area contributed by atoms with Crippen LogP contribution in [0.15, 0.2) is 54.7 Å². The highest BCUT2D eigenvalue weighted by Crippen LogP contribution is 2.23. The van der Waals surface area contributed by atoms with Crippen molar-refractivity contribution in [1.29, 1.82) is 0 Å². The van der Waals surface area contributed by atoms with Gasteiger partial charge >= 0.3 is 0 Å². The number of aromatic nitrogens is 2. The number of halogens is 2. The van der Waals surface area contributed by atoms with E-state index in [1.165, 1.54) is 12.1 Å². The van der Waals surface area contributed by atoms with E-state index in [9.17, 15) is 8.78 Å². The Morgan fingerprint density at radius 2 is 1.80 bits per heavy atom. The molecule has 3 N–H and O–H groups in total. The monoisotopic (exact) mass is 409 g/mol. The summed E-state index contributed by atoms with van der Waals surface area (Å²) in [5.41, 5.74) is 3.50. The first-order valence-electron chi connectivity index (χ1n) is 10.3. The summed E-state index contributed by atoms with van der Waals surface area (Å²) < 4.78 is 26.6. The van der Waals surface area contributed by atoms with Crippen LogP contribution < -0.4 is 16.0 Å². The topological polar surface area (TPSA) is 61.9 Å². The summed E-state index contributed by atoms with van der Waals surface area (Å²) in [7, 11) is 0. The molecule has 2 aromatic carbocycles. The molecule has 0 aliphatic carbocycles. The van der Waals surface area contributed by atoms with Crippen LogP contribution in [0.3, 0.4) is 0 Å². The zero-order chi connectivity index (χ0) is 20.8. The Kier molecular flexibility index (Phi) is 6.49. The zero-order valence-electron chi connectivity index (χ0n) is 16.7. The molecule has 0 unspecified atom stereocenters. The quantitative estimate of drug-likeness (QED) is 0.545. The number of hydrogen-bond donors (Lipinski definition) is 3. The van der Waals surface area contributed by atoms with Gasteiger partial charge in [0, 0.05) is 36.1 Å². The van der Waals surface area contributed by atoms with Crippen LogP contribution in [-0.4, -0.2) is 35.6 Å². The molecule has 1 aromatic heterocycles. The molecular formula is C23H25F2N5. The molecular weight excluding hydrogens is 384 g/mol. The summed E-state index contributed by atoms with van der Waals surface area (Å²) in [4.78, 5) is 8.84. The van der Waals surface area contributed by atoms with E-state index in [1.54, 1.807) is 6.20 Å². The SMILES string of the molecule is Fc1cc(F)cc(CCNc2nccc(-c3cccc(NC4CCNCC4)c3)n2)c1. The summed E-state index contributed by atoms with van der Waals surface area (Å²) in [6, 6.07) is 14.1. The summed E-state index contributed by atoms with van der Waals surface area (Å²) in [5.74, 6) is -0.649. The summed E-state index contributed by atoms with van der Waals surface area (Å²) >= 11 is 0. The number of piperidine rings is 1. The van der Waals surface area contributed by atoms with Gasteiger partial charge in [-0.3, -0.25) is 0 Å². The molecule has 0 atom stereocenters. The van der Waals surface area contributed by atoms with Crippen LogP contribution in [0, 0.1) is 11.6 Å². The number of benzene rings is 2. The summed E-state index contributed by atoms with van der Waals surface area (Å²) in [6.45, 7) is 2.56. The Hall–Kier alpha value is -3.06. The van der Waals surface area contributed by atoms with Crippen LogP contribution in [-0.2, 0) is 6.42 Å². The molecule has 0 bridgehead atoms. The third kappa shape index (κ3) is 5.51. The minimum absolute atomic E-state index is 0.470. The fraction of sp³-hybridized carbons (Fsp3) is 0.304. The van der Waals surface area contributed by atoms with E-state index in [0.717, 1.165) is 48.9 Å². The van der Waals surface area contributed by atoms with Gasteiger partial charge in [-0.2, -0.15) is 0 Å². The second-order valence-electron chi connectivity index (χ2n) is 7.47. The molecule has 1 aliphatic heterocycles. The van der Waals surface area contributed by atoms with Crippen LogP contribution in [0.4, 0.5) is 20.4 Å². The smallest absolute Gasteiger partial charge is 0.223 e. The van der Waals surface area contributed by atoms with Crippen molar-refractivity contribution in [2.75, 3.05) is 30.3 Å². The second kappa shape index (κ2) is 9.63. The van der Waals surface area contributed by atoms with Gasteiger partial charge in [0.1, 0.15) is 11.6 Å². The lowest BCUT2D eigenvalue weighted by Gasteiger charge is -2.24. The molecule has 0 amide bonds. The van der Waals surface area contributed by atoms with E-state index in [-0.39, 0.29) is 0 Å². The van der Waals surface area contributed by atoms with Crippen molar-refractivity contribution >= 4 is 11.6 Å². The second-order valence-corrected chi connectivity index (χ2v) is 7.47. The number of hydrogen-bond acceptors (Lipinski definition) is 5. The Balaban J connectivity index is 1.39. The van der Waals surface area contributed by atoms with E-state index in [0.29, 0.717) is 30.5 Å². The minimum Gasteiger partial charge on any atom is -0.382 e. The van der Waals surface area contributed by atoms with Gasteiger partial charge in [0.25, 0.3) is 0 Å². The van der Waals surface area contributed by atoms with Gasteiger partial charge in [-0.25, -0.2) is 18.7 Å². The molecule has 0 radical (unpaired) electrons. The molecule has 5 nitrogen and oxygen atoms in total. The summed E-state index contributed by atoms with van der Waals surface area (Å²) in [6.07, 6.45) is 4.40. The highest BCUT2D eigenvalue weighted by molar-refractivity contribution is 5.65. The van der Waals surface area contributed by atoms with Crippen molar-refractivity contribution in [3.63, 3.8) is 0 Å². The fourth-order valence-corrected chi connectivity index (χ4v) is 3.65. The predicted molar refractivity (Wildman–Crippen MR) is 116 cm³/mol. The van der Waals surface area contributed by atoms with E-state index >= 15 is 0 Å². The van der Waals surface area contributed by atoms with Crippen LogP contribution in [0.1, 0.15) is 18.4 Å². The molecule has 3 aromatic rings. The van der Waals surface area contributed by atoms with Crippen molar-refractivity contribution in [1.82, 2.24) is 15.3 Å². The van der Waals surface area contributed by atoms with Crippen molar-refractivity contribution in [2.45, 2.75) is 25.3 Å². The predicted octanol–water partition coefficient (Wildman–Crippen LogP) is 4.24. The van der Waals surface area contributed by atoms with Crippen molar-refractivity contribution in [2.24, 2.45) is 0 Å². The molecule has 1 saturated heterocycles. The average molecular weight is 409 g/mol. The molecule has 7 heteroatoms. The van der Waals surface area contributed by atoms with Gasteiger partial charge in [0.2, 0.25) is 5.95 Å². The maximum Gasteiger partial charge on any atom is 0.223 e. The fourth-order valence-electron chi connectivity index (χ4n) is 3.65. The normalized spacial score (nSPS) is 14.5. The first-order chi connectivity index (χ1) is 14.7. The van der Waals surface area contributed by atoms with Crippen molar-refractivity contribution in [3.05, 3.63) is 71.9 Å². The lowest BCUT2D eigenvalue weighted by atomic mass is 10.1. The van der Waals surface area contributed by atoms with Crippen molar-refractivity contribution in [3.8, 4) is 11.3 Å². The zero-order valence-corrected chi connectivity index (χ0v) is 16.7. The molecule has 1 fully saturated rings. The summed E-state index contributed by atoms with van der Waals surface area (Å²) in [5, 5.41) is 10.1. The first-order valence-corrected chi connectivity index (χ1v) is 10.3. The lowest BCUT2D eigenvalue weighted by molar-refractivity contribution is 0.479. The molecule has 4 rings (SSSR count). The third-order valence-electron chi connectivity index (χ3n) is 5.14. The maximum absolute atomic E-state index is 13.3. The molecule has 2 heterocycles. The van der Waals surface area contributed by atoms with Crippen molar-refractivity contribution < 1.29 is 8.78 Å². The number of anilines is 2. The number of nitrogens with zero attached hydrogens (tertiary/aromatic N) is 2. The number of rotatable bonds is 7. The average Bonchev–Trinajstić information content (AvgIpc) is 2.74. The Morgan fingerprint density at radius 1 is 1.00 bits per heavy atom. The first kappa shape index (κ1) is 20.2. The highest BCUT2D eigenvalue weighted by atomic mass is 19.1. The van der Waals surface area contributed by atoms with Gasteiger partial charge in [-0.1, -0.05) is 12.1 Å². The molecule has 0 saturated carbocycles. The van der Waals surface area contributed by atoms with Crippen LogP contribution in [0.25, 0.3) is 11.3 Å². The van der Waals surface area contributed by atoms with Crippen LogP contribution in [0.5, 0.6) is 0 Å². The van der Waals surface area contributed by atoms with E-state index in [4.69, 9.17) is 0 Å². The van der Waals surface area contributed by atoms with Gasteiger partial charge in [0.05, 0.1) is 5.69 Å². The Bertz CT molecular complexity index is 969. The largest absolute Gasteiger partial charge is 0.382 e. The highest BCUT2D eigenvalue weighted by Gasteiger charge is 2.13. The maximum atomic E-state index is 13.3. The van der Waals surface area contributed by atoms with E-state index in [2.05, 4.69) is 38.1 Å². The Labute approximate surface area is 175 Å². The van der Waals surface area contributed by atoms with Gasteiger partial charge in [-0.15, -0.1) is 0 Å². The lowest BCUT2D eigenvalue weighted by Crippen LogP contribution is -2.35. The molecule has 30 heavy (non-hydrogen) atoms. The van der Waals surface area contributed by atoms with E-state index < -0.39 is 11.6 Å². The third-order valence-corrected chi connectivity index (χ3v) is 5.14.